The number of carbonyl (C=O) groups is 2. The number of fused-ring (bicyclic) bond motifs is 7. The van der Waals surface area contributed by atoms with Crippen LogP contribution in [0.15, 0.2) is 18.0 Å². The first-order valence-electron chi connectivity index (χ1n) is 14.8. The number of methoxy groups -OCH3 is 1. The van der Waals surface area contributed by atoms with Gasteiger partial charge in [0, 0.05) is 5.56 Å². The van der Waals surface area contributed by atoms with Crippen molar-refractivity contribution in [1.29, 1.82) is 0 Å². The van der Waals surface area contributed by atoms with Crippen molar-refractivity contribution in [1.82, 2.24) is 15.0 Å². The van der Waals surface area contributed by atoms with Gasteiger partial charge in [0.1, 0.15) is 5.92 Å². The van der Waals surface area contributed by atoms with Crippen molar-refractivity contribution in [3.63, 3.8) is 0 Å². The third kappa shape index (κ3) is 4.61. The summed E-state index contributed by atoms with van der Waals surface area (Å²) in [5.74, 6) is -1.84. The molecule has 5 heterocycles. The van der Waals surface area contributed by atoms with E-state index in [1.54, 1.807) is 0 Å². The maximum absolute atomic E-state index is 14.0. The van der Waals surface area contributed by atoms with Gasteiger partial charge in [-0.15, -0.1) is 33.5 Å². The number of ketones is 1. The zero-order chi connectivity index (χ0) is 30.0. The van der Waals surface area contributed by atoms with Crippen LogP contribution in [-0.2, 0) is 16.0 Å². The molecule has 3 aliphatic rings. The molecular weight excluding hydrogens is 549 g/mol. The second kappa shape index (κ2) is 11.5. The largest absolute Gasteiger partial charge is 2.00 e. The van der Waals surface area contributed by atoms with Crippen LogP contribution in [-0.4, -0.2) is 41.9 Å². The molecular formula is C35H36MgN4O3-2. The van der Waals surface area contributed by atoms with Crippen molar-refractivity contribution in [2.45, 2.75) is 60.8 Å². The summed E-state index contributed by atoms with van der Waals surface area (Å²) < 4.78 is 5.17. The molecule has 3 aromatic rings. The molecule has 0 radical (unpaired) electrons. The van der Waals surface area contributed by atoms with Crippen LogP contribution in [0.1, 0.15) is 94.6 Å². The fourth-order valence-electron chi connectivity index (χ4n) is 6.96. The Balaban J connectivity index is 0.00000368. The fraction of sp³-hybridized carbons (Fsp3) is 0.371. The zero-order valence-corrected chi connectivity index (χ0v) is 27.5. The first-order chi connectivity index (χ1) is 20.1. The molecule has 43 heavy (non-hydrogen) atoms. The van der Waals surface area contributed by atoms with Crippen molar-refractivity contribution in [2.75, 3.05) is 7.11 Å². The van der Waals surface area contributed by atoms with Gasteiger partial charge in [-0.2, -0.15) is 11.4 Å². The van der Waals surface area contributed by atoms with E-state index in [2.05, 4.69) is 41.2 Å². The average Bonchev–Trinajstić information content (AvgIpc) is 3.70. The number of esters is 1. The van der Waals surface area contributed by atoms with Gasteiger partial charge in [0.05, 0.1) is 7.11 Å². The molecule has 3 aromatic heterocycles. The van der Waals surface area contributed by atoms with E-state index in [-0.39, 0.29) is 40.7 Å². The first kappa shape index (κ1) is 30.9. The second-order valence-corrected chi connectivity index (χ2v) is 11.6. The van der Waals surface area contributed by atoms with Crippen LogP contribution in [0.25, 0.3) is 35.2 Å². The number of hydrogen-bond donors (Lipinski definition) is 0. The summed E-state index contributed by atoms with van der Waals surface area (Å²) in [5.41, 5.74) is 10.6. The van der Waals surface area contributed by atoms with Crippen LogP contribution in [0, 0.1) is 38.5 Å². The van der Waals surface area contributed by atoms with Crippen molar-refractivity contribution in [3.05, 3.63) is 90.1 Å². The Morgan fingerprint density at radius 2 is 1.67 bits per heavy atom. The van der Waals surface area contributed by atoms with E-state index in [0.29, 0.717) is 22.5 Å². The summed E-state index contributed by atoms with van der Waals surface area (Å²) in [6, 6.07) is 0. The third-order valence-corrected chi connectivity index (χ3v) is 9.35. The van der Waals surface area contributed by atoms with E-state index >= 15 is 0 Å². The molecule has 7 nitrogen and oxygen atoms in total. The summed E-state index contributed by atoms with van der Waals surface area (Å²) in [5, 5.41) is 6.86. The van der Waals surface area contributed by atoms with E-state index in [1.165, 1.54) is 7.11 Å². The number of Topliss-reactive ketones (excluding diaryl/α,β-unsaturated/α-hetero) is 1. The third-order valence-electron chi connectivity index (χ3n) is 9.35. The van der Waals surface area contributed by atoms with Crippen LogP contribution in [0.3, 0.4) is 0 Å². The number of hydrogen-bond acceptors (Lipinski definition) is 3. The van der Waals surface area contributed by atoms with Crippen LogP contribution < -0.4 is 25.7 Å². The van der Waals surface area contributed by atoms with Gasteiger partial charge in [0.2, 0.25) is 0 Å². The molecule has 0 amide bonds. The number of ether oxygens (including phenoxy) is 1. The van der Waals surface area contributed by atoms with E-state index in [9.17, 15) is 9.59 Å². The summed E-state index contributed by atoms with van der Waals surface area (Å²) >= 11 is 0. The standard InChI is InChI=1S/C35H37N4O3.Mg/c1-9-12-22-18(6)25-13-23-16(4)20(10-2)27(36-23)14-24-17(5)21(11-3)28(37-24)15-26-19(7)29-33(39-26)30(32(22)38-25)31(34(29)40)35(41)42-8;/h10,13-15,18,22,31H,2,9,11-12H2,1,3-8H3,(H-,38,39,40);/q-3;+2/p-1/b24-14-,25-13-,28-15-;/t18-,22-,31+;/m0./s1. The van der Waals surface area contributed by atoms with Crippen LogP contribution >= 0.6 is 0 Å². The summed E-state index contributed by atoms with van der Waals surface area (Å²) in [7, 11) is 1.32. The van der Waals surface area contributed by atoms with Crippen molar-refractivity contribution in [2.24, 2.45) is 17.8 Å². The maximum atomic E-state index is 14.0. The second-order valence-electron chi connectivity index (χ2n) is 11.6. The molecule has 1 saturated heterocycles. The first-order valence-corrected chi connectivity index (χ1v) is 14.8. The number of allylic oxidation sites excluding steroid dienone is 2. The molecule has 8 heteroatoms. The average molecular weight is 585 g/mol. The van der Waals surface area contributed by atoms with Crippen LogP contribution in [0.5, 0.6) is 0 Å². The minimum absolute atomic E-state index is 0. The molecule has 0 unspecified atom stereocenters. The summed E-state index contributed by atoms with van der Waals surface area (Å²) in [6.07, 6.45) is 10.5. The van der Waals surface area contributed by atoms with E-state index in [0.717, 1.165) is 80.6 Å². The molecule has 0 spiro atoms. The molecule has 0 saturated carbocycles. The molecule has 6 rings (SSSR count). The number of nitrogens with zero attached hydrogens (tertiary/aromatic N) is 4. The topological polar surface area (TPSA) is 99.8 Å². The Hall–Kier alpha value is -3.49. The van der Waals surface area contributed by atoms with Gasteiger partial charge in [-0.25, -0.2) is 0 Å². The van der Waals surface area contributed by atoms with Crippen molar-refractivity contribution >= 4 is 64.7 Å². The molecule has 218 valence electrons. The van der Waals surface area contributed by atoms with Crippen LogP contribution in [0.2, 0.25) is 0 Å². The van der Waals surface area contributed by atoms with Gasteiger partial charge < -0.3 is 25.0 Å². The molecule has 1 fully saturated rings. The monoisotopic (exact) mass is 584 g/mol. The predicted octanol–water partition coefficient (Wildman–Crippen LogP) is 4.46. The predicted molar refractivity (Wildman–Crippen MR) is 171 cm³/mol. The molecule has 0 N–H and O–H groups in total. The number of rotatable bonds is 5. The van der Waals surface area contributed by atoms with Crippen molar-refractivity contribution in [3.8, 4) is 0 Å². The summed E-state index contributed by atoms with van der Waals surface area (Å²) in [6.45, 7) is 16.5. The van der Waals surface area contributed by atoms with E-state index in [1.807, 2.05) is 31.2 Å². The summed E-state index contributed by atoms with van der Waals surface area (Å²) in [4.78, 5) is 42.2. The normalized spacial score (nSPS) is 24.7. The van der Waals surface area contributed by atoms with Gasteiger partial charge >= 0.3 is 29.0 Å². The van der Waals surface area contributed by atoms with E-state index < -0.39 is 11.9 Å². The van der Waals surface area contributed by atoms with Gasteiger partial charge in [-0.05, 0) is 51.0 Å². The SMILES string of the molecule is C=Cc1c2[n-]c(c1C)/C=C1\[N-]/C(=C3\c4[n-]c(c(C)c4C(=O)[C@@H]3C(=O)OC)/C=c3\[n-]/c(c(C)c3CC)=C\2)[C@@H](CCC)[C@@H]1C.[Mg+2]. The van der Waals surface area contributed by atoms with E-state index in [4.69, 9.17) is 25.0 Å². The minimum atomic E-state index is -1.08. The fourth-order valence-corrected chi connectivity index (χ4v) is 6.96. The Kier molecular flexibility index (Phi) is 8.31. The van der Waals surface area contributed by atoms with Gasteiger partial charge in [0.15, 0.2) is 5.78 Å². The van der Waals surface area contributed by atoms with Crippen molar-refractivity contribution < 1.29 is 14.3 Å². The zero-order valence-electron chi connectivity index (χ0n) is 26.1. The Bertz CT molecular complexity index is 1860. The van der Waals surface area contributed by atoms with Crippen LogP contribution in [0.4, 0.5) is 0 Å². The smallest absolute Gasteiger partial charge is 0.664 e. The Morgan fingerprint density at radius 3 is 2.33 bits per heavy atom. The minimum Gasteiger partial charge on any atom is -0.664 e. The quantitative estimate of drug-likeness (QED) is 0.249. The molecule has 8 bridgehead atoms. The van der Waals surface area contributed by atoms with Gasteiger partial charge in [-0.3, -0.25) is 9.59 Å². The van der Waals surface area contributed by atoms with Gasteiger partial charge in [0.25, 0.3) is 0 Å². The molecule has 3 atom stereocenters. The Labute approximate surface area is 268 Å². The maximum Gasteiger partial charge on any atom is 2.00 e. The number of aromatic nitrogens is 3. The number of carbonyl (C=O) groups excluding carboxylic acids is 2. The molecule has 0 aromatic carbocycles. The molecule has 1 aliphatic carbocycles. The Morgan fingerprint density at radius 1 is 0.977 bits per heavy atom. The molecule has 2 aliphatic heterocycles. The van der Waals surface area contributed by atoms with Gasteiger partial charge in [-0.1, -0.05) is 85.9 Å².